The minimum atomic E-state index is 0.240. The third-order valence-corrected chi connectivity index (χ3v) is 3.65. The summed E-state index contributed by atoms with van der Waals surface area (Å²) in [6.45, 7) is 3.23. The quantitative estimate of drug-likeness (QED) is 0.719. The number of hydrogen-bond donors (Lipinski definition) is 2. The van der Waals surface area contributed by atoms with Crippen LogP contribution in [0.25, 0.3) is 0 Å². The van der Waals surface area contributed by atoms with Crippen molar-refractivity contribution in [2.24, 2.45) is 5.92 Å². The molecule has 1 heterocycles. The lowest BCUT2D eigenvalue weighted by Gasteiger charge is -2.16. The average molecular weight is 284 g/mol. The molecule has 0 amide bonds. The van der Waals surface area contributed by atoms with E-state index in [1.807, 2.05) is 0 Å². The summed E-state index contributed by atoms with van der Waals surface area (Å²) in [6.07, 6.45) is 5.41. The van der Waals surface area contributed by atoms with E-state index in [4.69, 9.17) is 16.7 Å². The summed E-state index contributed by atoms with van der Waals surface area (Å²) in [5.41, 5.74) is 0. The van der Waals surface area contributed by atoms with Gasteiger partial charge in [-0.2, -0.15) is 0 Å². The van der Waals surface area contributed by atoms with Gasteiger partial charge in [0.15, 0.2) is 0 Å². The molecule has 4 nitrogen and oxygen atoms in total. The van der Waals surface area contributed by atoms with Gasteiger partial charge in [0.1, 0.15) is 16.8 Å². The maximum atomic E-state index is 9.06. The van der Waals surface area contributed by atoms with Gasteiger partial charge >= 0.3 is 0 Å². The number of nitrogens with zero attached hydrogens (tertiary/aromatic N) is 2. The topological polar surface area (TPSA) is 58.0 Å². The van der Waals surface area contributed by atoms with Gasteiger partial charge < -0.3 is 10.4 Å². The fraction of sp³-hybridized carbons (Fsp3) is 0.714. The van der Waals surface area contributed by atoms with Crippen LogP contribution in [0.3, 0.4) is 0 Å². The molecule has 106 valence electrons. The van der Waals surface area contributed by atoms with Crippen LogP contribution in [0.2, 0.25) is 5.15 Å². The van der Waals surface area contributed by atoms with E-state index in [0.29, 0.717) is 17.0 Å². The monoisotopic (exact) mass is 283 g/mol. The number of aromatic nitrogens is 2. The van der Waals surface area contributed by atoms with Crippen LogP contribution in [0, 0.1) is 5.92 Å². The van der Waals surface area contributed by atoms with Gasteiger partial charge in [-0.25, -0.2) is 9.97 Å². The number of nitrogens with one attached hydrogen (secondary N) is 1. The second kappa shape index (κ2) is 7.06. The number of rotatable bonds is 8. The molecule has 1 aliphatic carbocycles. The van der Waals surface area contributed by atoms with Gasteiger partial charge in [-0.3, -0.25) is 0 Å². The molecule has 1 saturated carbocycles. The zero-order valence-corrected chi connectivity index (χ0v) is 12.2. The summed E-state index contributed by atoms with van der Waals surface area (Å²) in [5, 5.41) is 12.9. The SMILES string of the molecule is CCCC(CCO)CNc1cc(Cl)nc(C2CC2)n1. The first kappa shape index (κ1) is 14.5. The Balaban J connectivity index is 1.93. The largest absolute Gasteiger partial charge is 0.396 e. The van der Waals surface area contributed by atoms with Crippen molar-refractivity contribution in [2.45, 2.75) is 44.9 Å². The van der Waals surface area contributed by atoms with E-state index in [1.165, 1.54) is 12.8 Å². The van der Waals surface area contributed by atoms with E-state index in [0.717, 1.165) is 37.4 Å². The van der Waals surface area contributed by atoms with Gasteiger partial charge in [0.25, 0.3) is 0 Å². The summed E-state index contributed by atoms with van der Waals surface area (Å²) in [7, 11) is 0. The number of aliphatic hydroxyl groups excluding tert-OH is 1. The molecular weight excluding hydrogens is 262 g/mol. The van der Waals surface area contributed by atoms with Crippen LogP contribution >= 0.6 is 11.6 Å². The number of hydrogen-bond acceptors (Lipinski definition) is 4. The Labute approximate surface area is 119 Å². The molecular formula is C14H22ClN3O. The Bertz CT molecular complexity index is 404. The van der Waals surface area contributed by atoms with Gasteiger partial charge in [0, 0.05) is 25.1 Å². The van der Waals surface area contributed by atoms with E-state index in [2.05, 4.69) is 22.2 Å². The molecule has 0 saturated heterocycles. The standard InChI is InChI=1S/C14H22ClN3O/c1-2-3-10(6-7-19)9-16-13-8-12(15)17-14(18-13)11-4-5-11/h8,10-11,19H,2-7,9H2,1H3,(H,16,17,18). The van der Waals surface area contributed by atoms with Crippen molar-refractivity contribution in [3.63, 3.8) is 0 Å². The van der Waals surface area contributed by atoms with Gasteiger partial charge in [0.2, 0.25) is 0 Å². The molecule has 0 bridgehead atoms. The van der Waals surface area contributed by atoms with Gasteiger partial charge in [-0.05, 0) is 31.6 Å². The maximum absolute atomic E-state index is 9.06. The van der Waals surface area contributed by atoms with Crippen molar-refractivity contribution in [3.05, 3.63) is 17.0 Å². The molecule has 2 N–H and O–H groups in total. The minimum Gasteiger partial charge on any atom is -0.396 e. The van der Waals surface area contributed by atoms with Crippen LogP contribution in [0.4, 0.5) is 5.82 Å². The van der Waals surface area contributed by atoms with Crippen molar-refractivity contribution in [3.8, 4) is 0 Å². The third-order valence-electron chi connectivity index (χ3n) is 3.46. The lowest BCUT2D eigenvalue weighted by Crippen LogP contribution is -2.16. The molecule has 1 unspecified atom stereocenters. The average Bonchev–Trinajstić information content (AvgIpc) is 3.20. The molecule has 1 aromatic rings. The lowest BCUT2D eigenvalue weighted by atomic mass is 10.0. The highest BCUT2D eigenvalue weighted by Gasteiger charge is 2.27. The Kier molecular flexibility index (Phi) is 5.40. The Morgan fingerprint density at radius 2 is 2.21 bits per heavy atom. The normalized spacial score (nSPS) is 16.4. The highest BCUT2D eigenvalue weighted by Crippen LogP contribution is 2.38. The second-order valence-electron chi connectivity index (χ2n) is 5.26. The molecule has 19 heavy (non-hydrogen) atoms. The molecule has 1 aliphatic rings. The first-order valence-corrected chi connectivity index (χ1v) is 7.50. The number of aliphatic hydroxyl groups is 1. The van der Waals surface area contributed by atoms with Gasteiger partial charge in [-0.15, -0.1) is 0 Å². The summed E-state index contributed by atoms with van der Waals surface area (Å²) >= 11 is 6.03. The van der Waals surface area contributed by atoms with E-state index < -0.39 is 0 Å². The lowest BCUT2D eigenvalue weighted by molar-refractivity contribution is 0.255. The molecule has 0 aromatic carbocycles. The van der Waals surface area contributed by atoms with Crippen molar-refractivity contribution in [1.29, 1.82) is 0 Å². The molecule has 2 rings (SSSR count). The first-order chi connectivity index (χ1) is 9.22. The zero-order valence-electron chi connectivity index (χ0n) is 11.4. The summed E-state index contributed by atoms with van der Waals surface area (Å²) < 4.78 is 0. The molecule has 1 fully saturated rings. The maximum Gasteiger partial charge on any atom is 0.135 e. The Hall–Kier alpha value is -0.870. The number of halogens is 1. The summed E-state index contributed by atoms with van der Waals surface area (Å²) in [5.74, 6) is 2.65. The smallest absolute Gasteiger partial charge is 0.135 e. The van der Waals surface area contributed by atoms with Crippen molar-refractivity contribution in [1.82, 2.24) is 9.97 Å². The van der Waals surface area contributed by atoms with E-state index >= 15 is 0 Å². The fourth-order valence-electron chi connectivity index (χ4n) is 2.24. The van der Waals surface area contributed by atoms with Crippen molar-refractivity contribution in [2.75, 3.05) is 18.5 Å². The van der Waals surface area contributed by atoms with Gasteiger partial charge in [0.05, 0.1) is 0 Å². The molecule has 1 aromatic heterocycles. The van der Waals surface area contributed by atoms with Crippen LogP contribution in [-0.4, -0.2) is 28.2 Å². The first-order valence-electron chi connectivity index (χ1n) is 7.12. The third kappa shape index (κ3) is 4.62. The molecule has 1 atom stereocenters. The van der Waals surface area contributed by atoms with E-state index in [-0.39, 0.29) is 6.61 Å². The molecule has 0 spiro atoms. The van der Waals surface area contributed by atoms with Crippen molar-refractivity contribution < 1.29 is 5.11 Å². The predicted octanol–water partition coefficient (Wildman–Crippen LogP) is 3.22. The zero-order chi connectivity index (χ0) is 13.7. The number of anilines is 1. The highest BCUT2D eigenvalue weighted by atomic mass is 35.5. The van der Waals surface area contributed by atoms with Crippen LogP contribution in [-0.2, 0) is 0 Å². The predicted molar refractivity (Wildman–Crippen MR) is 77.6 cm³/mol. The fourth-order valence-corrected chi connectivity index (χ4v) is 2.43. The minimum absolute atomic E-state index is 0.240. The summed E-state index contributed by atoms with van der Waals surface area (Å²) in [4.78, 5) is 8.79. The summed E-state index contributed by atoms with van der Waals surface area (Å²) in [6, 6.07) is 1.77. The molecule has 5 heteroatoms. The van der Waals surface area contributed by atoms with Crippen LogP contribution in [0.15, 0.2) is 6.07 Å². The van der Waals surface area contributed by atoms with Crippen LogP contribution in [0.5, 0.6) is 0 Å². The van der Waals surface area contributed by atoms with Crippen molar-refractivity contribution >= 4 is 17.4 Å². The molecule has 0 aliphatic heterocycles. The molecule has 0 radical (unpaired) electrons. The second-order valence-corrected chi connectivity index (χ2v) is 5.64. The highest BCUT2D eigenvalue weighted by molar-refractivity contribution is 6.29. The Morgan fingerprint density at radius 3 is 2.84 bits per heavy atom. The Morgan fingerprint density at radius 1 is 1.42 bits per heavy atom. The van der Waals surface area contributed by atoms with E-state index in [1.54, 1.807) is 6.07 Å². The van der Waals surface area contributed by atoms with E-state index in [9.17, 15) is 0 Å². The van der Waals surface area contributed by atoms with Crippen LogP contribution in [0.1, 0.15) is 50.8 Å². The van der Waals surface area contributed by atoms with Crippen LogP contribution < -0.4 is 5.32 Å². The van der Waals surface area contributed by atoms with Gasteiger partial charge in [-0.1, -0.05) is 24.9 Å².